The van der Waals surface area contributed by atoms with Crippen LogP contribution in [0.3, 0.4) is 0 Å². The summed E-state index contributed by atoms with van der Waals surface area (Å²) in [5, 5.41) is 10.5. The minimum Gasteiger partial charge on any atom is -0.326 e. The third-order valence-electron chi connectivity index (χ3n) is 2.67. The highest BCUT2D eigenvalue weighted by atomic mass is 32.1. The first-order valence-corrected chi connectivity index (χ1v) is 7.39. The van der Waals surface area contributed by atoms with Crippen LogP contribution in [0.4, 0.5) is 5.69 Å². The molecule has 0 radical (unpaired) electrons. The fourth-order valence-corrected chi connectivity index (χ4v) is 2.14. The highest BCUT2D eigenvalue weighted by Crippen LogP contribution is 2.10. The standard InChI is InChI=1S/C15H15N3O2S/c1-2-14(19)17-13-5-3-12(4-6-13)15(20)18-16-9-11-7-8-21-10-11/h3-10H,2H2,1H3,(H,17,19)(H,18,20)/b16-9+. The number of hydrazone groups is 1. The Labute approximate surface area is 126 Å². The van der Waals surface area contributed by atoms with Crippen molar-refractivity contribution >= 4 is 35.1 Å². The van der Waals surface area contributed by atoms with Gasteiger partial charge in [-0.2, -0.15) is 16.4 Å². The molecule has 1 aromatic carbocycles. The maximum atomic E-state index is 11.9. The van der Waals surface area contributed by atoms with E-state index in [0.717, 1.165) is 5.56 Å². The number of hydrogen-bond donors (Lipinski definition) is 2. The molecule has 2 rings (SSSR count). The molecule has 0 saturated heterocycles. The lowest BCUT2D eigenvalue weighted by Crippen LogP contribution is -2.17. The lowest BCUT2D eigenvalue weighted by Gasteiger charge is -2.04. The van der Waals surface area contributed by atoms with Gasteiger partial charge in [-0.1, -0.05) is 6.92 Å². The molecule has 6 heteroatoms. The molecule has 21 heavy (non-hydrogen) atoms. The maximum absolute atomic E-state index is 11.9. The number of hydrogen-bond acceptors (Lipinski definition) is 4. The first-order chi connectivity index (χ1) is 10.2. The average Bonchev–Trinajstić information content (AvgIpc) is 3.01. The van der Waals surface area contributed by atoms with Crippen LogP contribution in [-0.4, -0.2) is 18.0 Å². The monoisotopic (exact) mass is 301 g/mol. The molecule has 1 aromatic heterocycles. The summed E-state index contributed by atoms with van der Waals surface area (Å²) in [5.74, 6) is -0.359. The second-order valence-corrected chi connectivity index (χ2v) is 5.01. The number of carbonyl (C=O) groups excluding carboxylic acids is 2. The minimum atomic E-state index is -0.296. The predicted molar refractivity (Wildman–Crippen MR) is 84.7 cm³/mol. The number of thiophene rings is 1. The molecule has 5 nitrogen and oxygen atoms in total. The number of carbonyl (C=O) groups is 2. The number of amides is 2. The van der Waals surface area contributed by atoms with Gasteiger partial charge in [0.05, 0.1) is 6.21 Å². The Kier molecular flexibility index (Phi) is 5.22. The van der Waals surface area contributed by atoms with Crippen molar-refractivity contribution in [1.82, 2.24) is 5.43 Å². The van der Waals surface area contributed by atoms with Crippen LogP contribution in [0.15, 0.2) is 46.2 Å². The van der Waals surface area contributed by atoms with Crippen molar-refractivity contribution in [1.29, 1.82) is 0 Å². The second-order valence-electron chi connectivity index (χ2n) is 4.23. The van der Waals surface area contributed by atoms with Crippen LogP contribution in [0.5, 0.6) is 0 Å². The zero-order valence-electron chi connectivity index (χ0n) is 11.5. The molecule has 0 atom stereocenters. The molecule has 0 fully saturated rings. The molecule has 108 valence electrons. The normalized spacial score (nSPS) is 10.5. The molecule has 0 aliphatic rings. The Morgan fingerprint density at radius 2 is 2.00 bits per heavy atom. The summed E-state index contributed by atoms with van der Waals surface area (Å²) in [6.45, 7) is 1.78. The molecule has 0 unspecified atom stereocenters. The quantitative estimate of drug-likeness (QED) is 0.658. The van der Waals surface area contributed by atoms with E-state index < -0.39 is 0 Å². The van der Waals surface area contributed by atoms with E-state index in [1.54, 1.807) is 48.7 Å². The Hall–Kier alpha value is -2.47. The summed E-state index contributed by atoms with van der Waals surface area (Å²) in [5.41, 5.74) is 4.54. The van der Waals surface area contributed by atoms with Gasteiger partial charge in [0.1, 0.15) is 0 Å². The number of nitrogens with one attached hydrogen (secondary N) is 2. The molecular weight excluding hydrogens is 286 g/mol. The Bertz CT molecular complexity index is 633. The molecule has 0 saturated carbocycles. The highest BCUT2D eigenvalue weighted by Gasteiger charge is 2.05. The SMILES string of the molecule is CCC(=O)Nc1ccc(C(=O)N/N=C/c2ccsc2)cc1. The highest BCUT2D eigenvalue weighted by molar-refractivity contribution is 7.08. The summed E-state index contributed by atoms with van der Waals surface area (Å²) < 4.78 is 0. The van der Waals surface area contributed by atoms with E-state index in [-0.39, 0.29) is 11.8 Å². The van der Waals surface area contributed by atoms with Crippen molar-refractivity contribution in [3.05, 3.63) is 52.2 Å². The van der Waals surface area contributed by atoms with E-state index in [4.69, 9.17) is 0 Å². The molecule has 0 aliphatic heterocycles. The van der Waals surface area contributed by atoms with Gasteiger partial charge in [-0.05, 0) is 41.1 Å². The zero-order valence-corrected chi connectivity index (χ0v) is 12.3. The van der Waals surface area contributed by atoms with Crippen LogP contribution in [0, 0.1) is 0 Å². The zero-order chi connectivity index (χ0) is 15.1. The summed E-state index contributed by atoms with van der Waals surface area (Å²) in [6.07, 6.45) is 2.00. The summed E-state index contributed by atoms with van der Waals surface area (Å²) in [7, 11) is 0. The average molecular weight is 301 g/mol. The number of benzene rings is 1. The van der Waals surface area contributed by atoms with Crippen molar-refractivity contribution in [3.63, 3.8) is 0 Å². The fraction of sp³-hybridized carbons (Fsp3) is 0.133. The van der Waals surface area contributed by atoms with Crippen LogP contribution in [0.1, 0.15) is 29.3 Å². The first kappa shape index (κ1) is 14.9. The van der Waals surface area contributed by atoms with Crippen molar-refractivity contribution in [2.24, 2.45) is 5.10 Å². The fourth-order valence-electron chi connectivity index (χ4n) is 1.53. The van der Waals surface area contributed by atoms with Crippen molar-refractivity contribution in [2.45, 2.75) is 13.3 Å². The van der Waals surface area contributed by atoms with Gasteiger partial charge in [-0.3, -0.25) is 9.59 Å². The van der Waals surface area contributed by atoms with Crippen LogP contribution < -0.4 is 10.7 Å². The second kappa shape index (κ2) is 7.35. The van der Waals surface area contributed by atoms with E-state index in [2.05, 4.69) is 15.8 Å². The van der Waals surface area contributed by atoms with Crippen LogP contribution in [-0.2, 0) is 4.79 Å². The van der Waals surface area contributed by atoms with E-state index in [0.29, 0.717) is 17.7 Å². The molecular formula is C15H15N3O2S. The Balaban J connectivity index is 1.92. The summed E-state index contributed by atoms with van der Waals surface area (Å²) in [6, 6.07) is 8.56. The number of nitrogens with zero attached hydrogens (tertiary/aromatic N) is 1. The van der Waals surface area contributed by atoms with E-state index in [1.165, 1.54) is 0 Å². The lowest BCUT2D eigenvalue weighted by atomic mass is 10.2. The van der Waals surface area contributed by atoms with Crippen LogP contribution in [0.2, 0.25) is 0 Å². The molecule has 2 N–H and O–H groups in total. The van der Waals surface area contributed by atoms with Crippen molar-refractivity contribution in [3.8, 4) is 0 Å². The Morgan fingerprint density at radius 1 is 1.24 bits per heavy atom. The van der Waals surface area contributed by atoms with Gasteiger partial charge in [0, 0.05) is 23.2 Å². The van der Waals surface area contributed by atoms with Gasteiger partial charge in [0.15, 0.2) is 0 Å². The van der Waals surface area contributed by atoms with E-state index in [9.17, 15) is 9.59 Å². The van der Waals surface area contributed by atoms with Crippen molar-refractivity contribution < 1.29 is 9.59 Å². The van der Waals surface area contributed by atoms with E-state index in [1.807, 2.05) is 16.8 Å². The molecule has 0 aliphatic carbocycles. The topological polar surface area (TPSA) is 70.6 Å². The first-order valence-electron chi connectivity index (χ1n) is 6.44. The van der Waals surface area contributed by atoms with Gasteiger partial charge in [-0.25, -0.2) is 5.43 Å². The summed E-state index contributed by atoms with van der Waals surface area (Å²) in [4.78, 5) is 23.1. The lowest BCUT2D eigenvalue weighted by molar-refractivity contribution is -0.115. The maximum Gasteiger partial charge on any atom is 0.271 e. The third kappa shape index (κ3) is 4.54. The molecule has 1 heterocycles. The Morgan fingerprint density at radius 3 is 2.62 bits per heavy atom. The third-order valence-corrected chi connectivity index (χ3v) is 3.38. The number of anilines is 1. The van der Waals surface area contributed by atoms with Gasteiger partial charge in [-0.15, -0.1) is 0 Å². The largest absolute Gasteiger partial charge is 0.326 e. The van der Waals surface area contributed by atoms with Gasteiger partial charge in [0.25, 0.3) is 5.91 Å². The predicted octanol–water partition coefficient (Wildman–Crippen LogP) is 2.86. The number of rotatable bonds is 5. The van der Waals surface area contributed by atoms with E-state index >= 15 is 0 Å². The minimum absolute atomic E-state index is 0.0624. The van der Waals surface area contributed by atoms with Crippen LogP contribution in [0.25, 0.3) is 0 Å². The van der Waals surface area contributed by atoms with Gasteiger partial charge in [0.2, 0.25) is 5.91 Å². The molecule has 2 aromatic rings. The smallest absolute Gasteiger partial charge is 0.271 e. The molecule has 0 spiro atoms. The van der Waals surface area contributed by atoms with Gasteiger partial charge >= 0.3 is 0 Å². The van der Waals surface area contributed by atoms with Crippen molar-refractivity contribution in [2.75, 3.05) is 5.32 Å². The molecule has 2 amide bonds. The molecule has 0 bridgehead atoms. The van der Waals surface area contributed by atoms with Gasteiger partial charge < -0.3 is 5.32 Å². The van der Waals surface area contributed by atoms with Crippen LogP contribution >= 0.6 is 11.3 Å². The summed E-state index contributed by atoms with van der Waals surface area (Å²) >= 11 is 1.56.